The molecule has 166 valence electrons. The van der Waals surface area contributed by atoms with E-state index in [0.717, 1.165) is 32.0 Å². The van der Waals surface area contributed by atoms with E-state index in [9.17, 15) is 4.79 Å². The van der Waals surface area contributed by atoms with Crippen LogP contribution in [0.15, 0.2) is 72.9 Å². The molecule has 4 rings (SSSR count). The maximum absolute atomic E-state index is 12.6. The number of hydrogen-bond donors (Lipinski definition) is 2. The van der Waals surface area contributed by atoms with Gasteiger partial charge in [0.2, 0.25) is 0 Å². The lowest BCUT2D eigenvalue weighted by Crippen LogP contribution is -2.55. The number of aromatic nitrogens is 1. The molecule has 1 aliphatic heterocycles. The number of carbonyl (C=O) groups excluding carboxylic acids is 1. The van der Waals surface area contributed by atoms with Gasteiger partial charge in [-0.1, -0.05) is 56.3 Å². The topological polar surface area (TPSA) is 74.5 Å². The summed E-state index contributed by atoms with van der Waals surface area (Å²) in [5.41, 5.74) is 8.93. The van der Waals surface area contributed by atoms with E-state index in [1.807, 2.05) is 24.3 Å². The number of rotatable bonds is 6. The smallest absolute Gasteiger partial charge is 0.257 e. The molecule has 1 atom stereocenters. The summed E-state index contributed by atoms with van der Waals surface area (Å²) in [5, 5.41) is 2.85. The highest BCUT2D eigenvalue weighted by Crippen LogP contribution is 2.24. The summed E-state index contributed by atoms with van der Waals surface area (Å²) >= 11 is 0. The molecule has 1 aromatic heterocycles. The van der Waals surface area contributed by atoms with Crippen molar-refractivity contribution >= 4 is 23.1 Å². The third kappa shape index (κ3) is 5.08. The normalized spacial score (nSPS) is 16.8. The predicted molar refractivity (Wildman–Crippen MR) is 131 cm³/mol. The third-order valence-corrected chi connectivity index (χ3v) is 6.07. The summed E-state index contributed by atoms with van der Waals surface area (Å²) in [6.07, 6.45) is 1.64. The second-order valence-corrected chi connectivity index (χ2v) is 8.66. The van der Waals surface area contributed by atoms with Crippen molar-refractivity contribution in [1.29, 1.82) is 0 Å². The van der Waals surface area contributed by atoms with E-state index in [2.05, 4.69) is 64.3 Å². The maximum atomic E-state index is 12.6. The Balaban J connectivity index is 1.41. The quantitative estimate of drug-likeness (QED) is 0.573. The number of carbonyl (C=O) groups is 1. The molecule has 32 heavy (non-hydrogen) atoms. The number of anilines is 3. The Kier molecular flexibility index (Phi) is 6.71. The zero-order valence-electron chi connectivity index (χ0n) is 18.7. The van der Waals surface area contributed by atoms with E-state index in [0.29, 0.717) is 28.9 Å². The van der Waals surface area contributed by atoms with Gasteiger partial charge in [0.05, 0.1) is 16.9 Å². The van der Waals surface area contributed by atoms with E-state index < -0.39 is 0 Å². The number of nitrogens with zero attached hydrogens (tertiary/aromatic N) is 3. The fraction of sp³-hybridized carbons (Fsp3) is 0.308. The largest absolute Gasteiger partial charge is 0.397 e. The molecule has 1 amide bonds. The minimum Gasteiger partial charge on any atom is -0.397 e. The third-order valence-electron chi connectivity index (χ3n) is 6.07. The second kappa shape index (κ2) is 9.83. The van der Waals surface area contributed by atoms with E-state index in [-0.39, 0.29) is 5.91 Å². The summed E-state index contributed by atoms with van der Waals surface area (Å²) in [4.78, 5) is 22.1. The first-order valence-corrected chi connectivity index (χ1v) is 11.2. The SMILES string of the molecule is CC(C)[C@H]1CN(c2ccc(C(=O)Nc3ccccc3N)cn2)CCN1Cc1ccccc1. The molecule has 6 heteroatoms. The Bertz CT molecular complexity index is 1040. The lowest BCUT2D eigenvalue weighted by molar-refractivity contribution is 0.102. The van der Waals surface area contributed by atoms with Crippen LogP contribution in [0.3, 0.4) is 0 Å². The van der Waals surface area contributed by atoms with Crippen LogP contribution in [0.25, 0.3) is 0 Å². The van der Waals surface area contributed by atoms with Gasteiger partial charge in [-0.15, -0.1) is 0 Å². The summed E-state index contributed by atoms with van der Waals surface area (Å²) in [6.45, 7) is 8.34. The van der Waals surface area contributed by atoms with Gasteiger partial charge in [-0.3, -0.25) is 9.69 Å². The van der Waals surface area contributed by atoms with Crippen molar-refractivity contribution in [3.05, 3.63) is 84.1 Å². The van der Waals surface area contributed by atoms with Crippen LogP contribution in [0, 0.1) is 5.92 Å². The van der Waals surface area contributed by atoms with Gasteiger partial charge in [0.1, 0.15) is 5.82 Å². The van der Waals surface area contributed by atoms with Crippen LogP contribution in [-0.2, 0) is 6.54 Å². The maximum Gasteiger partial charge on any atom is 0.257 e. The van der Waals surface area contributed by atoms with Crippen LogP contribution in [0.5, 0.6) is 0 Å². The molecule has 1 aliphatic rings. The summed E-state index contributed by atoms with van der Waals surface area (Å²) < 4.78 is 0. The number of para-hydroxylation sites is 2. The zero-order valence-corrected chi connectivity index (χ0v) is 18.7. The lowest BCUT2D eigenvalue weighted by atomic mass is 9.98. The molecule has 3 N–H and O–H groups in total. The second-order valence-electron chi connectivity index (χ2n) is 8.66. The molecule has 1 fully saturated rings. The first-order chi connectivity index (χ1) is 15.5. The van der Waals surface area contributed by atoms with Gasteiger partial charge < -0.3 is 16.0 Å². The minimum atomic E-state index is -0.213. The standard InChI is InChI=1S/C26H31N5O/c1-19(2)24-18-31(15-14-30(24)17-20-8-4-3-5-9-20)25-13-12-21(16-28-25)26(32)29-23-11-7-6-10-22(23)27/h3-13,16,19,24H,14-15,17-18,27H2,1-2H3,(H,29,32)/t24-/m1/s1. The molecule has 0 radical (unpaired) electrons. The molecular formula is C26H31N5O. The highest BCUT2D eigenvalue weighted by atomic mass is 16.1. The number of benzene rings is 2. The lowest BCUT2D eigenvalue weighted by Gasteiger charge is -2.44. The minimum absolute atomic E-state index is 0.213. The molecule has 0 aliphatic carbocycles. The Morgan fingerprint density at radius 1 is 1.06 bits per heavy atom. The van der Waals surface area contributed by atoms with E-state index in [1.165, 1.54) is 5.56 Å². The molecule has 1 saturated heterocycles. The molecule has 0 spiro atoms. The fourth-order valence-electron chi connectivity index (χ4n) is 4.22. The van der Waals surface area contributed by atoms with Gasteiger partial charge >= 0.3 is 0 Å². The summed E-state index contributed by atoms with van der Waals surface area (Å²) in [6, 6.07) is 22.1. The molecule has 0 bridgehead atoms. The van der Waals surface area contributed by atoms with Gasteiger partial charge in [-0.2, -0.15) is 0 Å². The highest BCUT2D eigenvalue weighted by molar-refractivity contribution is 6.05. The van der Waals surface area contributed by atoms with Crippen LogP contribution < -0.4 is 16.0 Å². The zero-order chi connectivity index (χ0) is 22.5. The van der Waals surface area contributed by atoms with Gasteiger partial charge in [0.15, 0.2) is 0 Å². The molecule has 6 nitrogen and oxygen atoms in total. The molecule has 3 aromatic rings. The van der Waals surface area contributed by atoms with Crippen molar-refractivity contribution in [2.24, 2.45) is 5.92 Å². The predicted octanol–water partition coefficient (Wildman–Crippen LogP) is 4.26. The van der Waals surface area contributed by atoms with Crippen molar-refractivity contribution in [3.63, 3.8) is 0 Å². The number of nitrogens with two attached hydrogens (primary N) is 1. The van der Waals surface area contributed by atoms with Crippen LogP contribution >= 0.6 is 0 Å². The number of nitrogens with one attached hydrogen (secondary N) is 1. The Morgan fingerprint density at radius 3 is 2.50 bits per heavy atom. The first kappa shape index (κ1) is 21.8. The van der Waals surface area contributed by atoms with E-state index >= 15 is 0 Å². The Hall–Kier alpha value is -3.38. The molecule has 0 unspecified atom stereocenters. The van der Waals surface area contributed by atoms with Crippen molar-refractivity contribution in [2.75, 3.05) is 35.6 Å². The average molecular weight is 430 g/mol. The van der Waals surface area contributed by atoms with Gasteiger partial charge in [-0.25, -0.2) is 4.98 Å². The van der Waals surface area contributed by atoms with Crippen molar-refractivity contribution in [2.45, 2.75) is 26.4 Å². The van der Waals surface area contributed by atoms with Crippen LogP contribution in [0.2, 0.25) is 0 Å². The number of pyridine rings is 1. The van der Waals surface area contributed by atoms with Gasteiger partial charge in [-0.05, 0) is 35.7 Å². The number of amides is 1. The Morgan fingerprint density at radius 2 is 1.81 bits per heavy atom. The average Bonchev–Trinajstić information content (AvgIpc) is 2.81. The number of piperazine rings is 1. The molecular weight excluding hydrogens is 398 g/mol. The van der Waals surface area contributed by atoms with Crippen molar-refractivity contribution < 1.29 is 4.79 Å². The van der Waals surface area contributed by atoms with Gasteiger partial charge in [0.25, 0.3) is 5.91 Å². The Labute approximate surface area is 190 Å². The first-order valence-electron chi connectivity index (χ1n) is 11.2. The van der Waals surface area contributed by atoms with E-state index in [1.54, 1.807) is 18.3 Å². The molecule has 0 saturated carbocycles. The highest BCUT2D eigenvalue weighted by Gasteiger charge is 2.29. The van der Waals surface area contributed by atoms with Gasteiger partial charge in [0, 0.05) is 38.4 Å². The van der Waals surface area contributed by atoms with E-state index in [4.69, 9.17) is 5.73 Å². The van der Waals surface area contributed by atoms with Crippen LogP contribution in [0.1, 0.15) is 29.8 Å². The molecule has 2 heterocycles. The summed E-state index contributed by atoms with van der Waals surface area (Å²) in [7, 11) is 0. The van der Waals surface area contributed by atoms with Crippen LogP contribution in [0.4, 0.5) is 17.2 Å². The van der Waals surface area contributed by atoms with Crippen molar-refractivity contribution in [3.8, 4) is 0 Å². The fourth-order valence-corrected chi connectivity index (χ4v) is 4.22. The summed E-state index contributed by atoms with van der Waals surface area (Å²) in [5.74, 6) is 1.23. The number of hydrogen-bond acceptors (Lipinski definition) is 5. The monoisotopic (exact) mass is 429 g/mol. The van der Waals surface area contributed by atoms with Crippen molar-refractivity contribution in [1.82, 2.24) is 9.88 Å². The molecule has 2 aromatic carbocycles. The van der Waals surface area contributed by atoms with Crippen LogP contribution in [-0.4, -0.2) is 41.5 Å². The number of nitrogen functional groups attached to an aromatic ring is 1.